The van der Waals surface area contributed by atoms with Crippen molar-refractivity contribution < 1.29 is 0 Å². The second kappa shape index (κ2) is 4.25. The third kappa shape index (κ3) is 1.94. The molecular weight excluding hydrogens is 178 g/mol. The minimum atomic E-state index is 0. The summed E-state index contributed by atoms with van der Waals surface area (Å²) >= 11 is 1.95. The lowest BCUT2D eigenvalue weighted by Gasteiger charge is -2.20. The minimum absolute atomic E-state index is 0. The van der Waals surface area contributed by atoms with E-state index in [0.29, 0.717) is 5.92 Å². The Morgan fingerprint density at radius 3 is 3.08 bits per heavy atom. The molecule has 1 aliphatic carbocycles. The molecule has 0 saturated heterocycles. The molecule has 1 aliphatic rings. The zero-order valence-electron chi connectivity index (χ0n) is 7.47. The molecule has 1 heterocycles. The zero-order chi connectivity index (χ0) is 8.55. The highest BCUT2D eigenvalue weighted by molar-refractivity contribution is 7.12. The van der Waals surface area contributed by atoms with Gasteiger partial charge in [0.2, 0.25) is 0 Å². The molecule has 2 N–H and O–H groups in total. The van der Waals surface area contributed by atoms with Gasteiger partial charge in [-0.05, 0) is 50.3 Å². The number of hydrogen-bond donors (Lipinski definition) is 1. The first-order valence-corrected chi connectivity index (χ1v) is 5.42. The molecule has 0 saturated carbocycles. The van der Waals surface area contributed by atoms with Gasteiger partial charge in [-0.1, -0.05) is 7.43 Å². The summed E-state index contributed by atoms with van der Waals surface area (Å²) in [6.45, 7) is 3.01. The van der Waals surface area contributed by atoms with Crippen LogP contribution in [0.25, 0.3) is 0 Å². The fourth-order valence-corrected chi connectivity index (χ4v) is 3.20. The van der Waals surface area contributed by atoms with Crippen molar-refractivity contribution in [3.8, 4) is 0 Å². The Hall–Kier alpha value is -0.340. The van der Waals surface area contributed by atoms with Gasteiger partial charge in [-0.15, -0.1) is 11.3 Å². The summed E-state index contributed by atoms with van der Waals surface area (Å²) in [5, 5.41) is 0. The van der Waals surface area contributed by atoms with Gasteiger partial charge in [0, 0.05) is 9.75 Å². The summed E-state index contributed by atoms with van der Waals surface area (Å²) in [7, 11) is 0. The first-order chi connectivity index (χ1) is 5.81. The molecule has 0 fully saturated rings. The maximum absolute atomic E-state index is 5.73. The highest BCUT2D eigenvalue weighted by Crippen LogP contribution is 2.36. The maximum Gasteiger partial charge on any atom is 0.00833 e. The van der Waals surface area contributed by atoms with E-state index in [4.69, 9.17) is 5.73 Å². The van der Waals surface area contributed by atoms with Crippen LogP contribution in [0.3, 0.4) is 0 Å². The molecule has 1 unspecified atom stereocenters. The Kier molecular flexibility index (Phi) is 3.51. The second-order valence-corrected chi connectivity index (χ2v) is 4.90. The average Bonchev–Trinajstić information content (AvgIpc) is 2.44. The van der Waals surface area contributed by atoms with Gasteiger partial charge in [-0.3, -0.25) is 0 Å². The maximum atomic E-state index is 5.73. The molecule has 2 rings (SSSR count). The number of thiophene rings is 1. The lowest BCUT2D eigenvalue weighted by Crippen LogP contribution is -2.16. The molecule has 13 heavy (non-hydrogen) atoms. The number of aryl methyl sites for hydroxylation is 2. The summed E-state index contributed by atoms with van der Waals surface area (Å²) in [5.41, 5.74) is 7.28. The predicted octanol–water partition coefficient (Wildman–Crippen LogP) is 3.07. The van der Waals surface area contributed by atoms with Crippen molar-refractivity contribution in [1.29, 1.82) is 0 Å². The van der Waals surface area contributed by atoms with Crippen molar-refractivity contribution in [1.82, 2.24) is 0 Å². The molecule has 0 spiro atoms. The highest BCUT2D eigenvalue weighted by atomic mass is 32.1. The quantitative estimate of drug-likeness (QED) is 0.735. The number of nitrogens with two attached hydrogens (primary N) is 1. The standard InChI is InChI=1S/C10H15NS.CH4/c1-7-5-9-8(6-11)3-2-4-10(9)12-7;/h5,8H,2-4,6,11H2,1H3;1H4. The van der Waals surface area contributed by atoms with E-state index >= 15 is 0 Å². The molecule has 1 atom stereocenters. The SMILES string of the molecule is C.Cc1cc2c(s1)CCCC2CN. The molecule has 0 radical (unpaired) electrons. The van der Waals surface area contributed by atoms with Gasteiger partial charge in [0.1, 0.15) is 0 Å². The van der Waals surface area contributed by atoms with Gasteiger partial charge in [0.05, 0.1) is 0 Å². The predicted molar refractivity (Wildman–Crippen MR) is 60.5 cm³/mol. The molecule has 2 heteroatoms. The molecule has 1 aromatic heterocycles. The van der Waals surface area contributed by atoms with Gasteiger partial charge >= 0.3 is 0 Å². The van der Waals surface area contributed by atoms with Crippen LogP contribution >= 0.6 is 11.3 Å². The summed E-state index contributed by atoms with van der Waals surface area (Å²) < 4.78 is 0. The summed E-state index contributed by atoms with van der Waals surface area (Å²) in [5.74, 6) is 0.652. The molecule has 1 nitrogen and oxygen atoms in total. The van der Waals surface area contributed by atoms with Crippen LogP contribution in [0.1, 0.15) is 41.5 Å². The molecule has 0 aliphatic heterocycles. The first-order valence-electron chi connectivity index (χ1n) is 4.60. The largest absolute Gasteiger partial charge is 0.330 e. The third-order valence-corrected chi connectivity index (χ3v) is 3.77. The minimum Gasteiger partial charge on any atom is -0.330 e. The van der Waals surface area contributed by atoms with E-state index in [-0.39, 0.29) is 7.43 Å². The Labute approximate surface area is 85.0 Å². The second-order valence-electron chi connectivity index (χ2n) is 3.56. The number of fused-ring (bicyclic) bond motifs is 1. The molecule has 1 aromatic rings. The molecule has 74 valence electrons. The van der Waals surface area contributed by atoms with E-state index in [1.54, 1.807) is 10.4 Å². The van der Waals surface area contributed by atoms with Gasteiger partial charge in [-0.25, -0.2) is 0 Å². The Balaban J connectivity index is 0.000000845. The van der Waals surface area contributed by atoms with Crippen molar-refractivity contribution in [2.24, 2.45) is 5.73 Å². The van der Waals surface area contributed by atoms with Crippen molar-refractivity contribution in [3.05, 3.63) is 21.4 Å². The van der Waals surface area contributed by atoms with E-state index in [1.807, 2.05) is 11.3 Å². The van der Waals surface area contributed by atoms with Crippen LogP contribution in [0.5, 0.6) is 0 Å². The van der Waals surface area contributed by atoms with E-state index in [1.165, 1.54) is 24.1 Å². The van der Waals surface area contributed by atoms with Crippen LogP contribution in [-0.4, -0.2) is 6.54 Å². The normalized spacial score (nSPS) is 20.6. The van der Waals surface area contributed by atoms with Gasteiger partial charge in [-0.2, -0.15) is 0 Å². The van der Waals surface area contributed by atoms with Crippen LogP contribution in [0.15, 0.2) is 6.07 Å². The van der Waals surface area contributed by atoms with E-state index in [0.717, 1.165) is 6.54 Å². The Morgan fingerprint density at radius 2 is 2.38 bits per heavy atom. The van der Waals surface area contributed by atoms with Crippen molar-refractivity contribution in [2.45, 2.75) is 39.5 Å². The number of rotatable bonds is 1. The van der Waals surface area contributed by atoms with Crippen molar-refractivity contribution in [3.63, 3.8) is 0 Å². The third-order valence-electron chi connectivity index (χ3n) is 2.65. The highest BCUT2D eigenvalue weighted by Gasteiger charge is 2.20. The molecule has 0 bridgehead atoms. The van der Waals surface area contributed by atoms with E-state index < -0.39 is 0 Å². The fourth-order valence-electron chi connectivity index (χ4n) is 2.03. The van der Waals surface area contributed by atoms with Crippen molar-refractivity contribution in [2.75, 3.05) is 6.54 Å². The molecule has 0 aromatic carbocycles. The van der Waals surface area contributed by atoms with E-state index in [2.05, 4.69) is 13.0 Å². The topological polar surface area (TPSA) is 26.0 Å². The molecular formula is C11H19NS. The van der Waals surface area contributed by atoms with Crippen LogP contribution < -0.4 is 5.73 Å². The summed E-state index contributed by atoms with van der Waals surface area (Å²) in [4.78, 5) is 3.04. The average molecular weight is 197 g/mol. The summed E-state index contributed by atoms with van der Waals surface area (Å²) in [6.07, 6.45) is 3.90. The summed E-state index contributed by atoms with van der Waals surface area (Å²) in [6, 6.07) is 2.33. The lowest BCUT2D eigenvalue weighted by atomic mass is 9.88. The van der Waals surface area contributed by atoms with Crippen LogP contribution in [0.4, 0.5) is 0 Å². The van der Waals surface area contributed by atoms with Crippen molar-refractivity contribution >= 4 is 11.3 Å². The molecule has 0 amide bonds. The Morgan fingerprint density at radius 1 is 1.62 bits per heavy atom. The smallest absolute Gasteiger partial charge is 0.00833 e. The van der Waals surface area contributed by atoms with Crippen LogP contribution in [0.2, 0.25) is 0 Å². The van der Waals surface area contributed by atoms with Gasteiger partial charge in [0.15, 0.2) is 0 Å². The van der Waals surface area contributed by atoms with E-state index in [9.17, 15) is 0 Å². The first kappa shape index (κ1) is 10.7. The van der Waals surface area contributed by atoms with Gasteiger partial charge in [0.25, 0.3) is 0 Å². The monoisotopic (exact) mass is 197 g/mol. The van der Waals surface area contributed by atoms with Crippen LogP contribution in [0, 0.1) is 6.92 Å². The lowest BCUT2D eigenvalue weighted by molar-refractivity contribution is 0.567. The fraction of sp³-hybridized carbons (Fsp3) is 0.636. The van der Waals surface area contributed by atoms with Crippen LogP contribution in [-0.2, 0) is 6.42 Å². The van der Waals surface area contributed by atoms with Gasteiger partial charge < -0.3 is 5.73 Å². The zero-order valence-corrected chi connectivity index (χ0v) is 8.29. The number of hydrogen-bond acceptors (Lipinski definition) is 2. The Bertz CT molecular complexity index is 278.